The molecule has 0 unspecified atom stereocenters. The van der Waals surface area contributed by atoms with Crippen molar-refractivity contribution in [2.45, 2.75) is 19.6 Å². The van der Waals surface area contributed by atoms with Crippen molar-refractivity contribution in [1.82, 2.24) is 9.88 Å². The minimum atomic E-state index is -2.86. The monoisotopic (exact) mass is 335 g/mol. The number of carbonyl (C=O) groups is 1. The fraction of sp³-hybridized carbons (Fsp3) is 0.294. The molecule has 0 saturated carbocycles. The first-order valence-electron chi connectivity index (χ1n) is 7.35. The number of carbonyl (C=O) groups excluding carboxylic acids is 1. The van der Waals surface area contributed by atoms with Crippen LogP contribution in [0.5, 0.6) is 5.75 Å². The van der Waals surface area contributed by atoms with Crippen molar-refractivity contribution in [2.24, 2.45) is 0 Å². The van der Waals surface area contributed by atoms with Gasteiger partial charge in [0, 0.05) is 12.7 Å². The van der Waals surface area contributed by atoms with Crippen LogP contribution in [0.3, 0.4) is 0 Å². The smallest absolute Gasteiger partial charge is 0.387 e. The van der Waals surface area contributed by atoms with Crippen LogP contribution in [0, 0.1) is 0 Å². The number of ether oxygens (including phenoxy) is 1. The summed E-state index contributed by atoms with van der Waals surface area (Å²) in [5.74, 6) is 0.304. The Bertz CT molecular complexity index is 601. The normalized spacial score (nSPS) is 10.9. The third-order valence-corrected chi connectivity index (χ3v) is 3.10. The van der Waals surface area contributed by atoms with E-state index in [4.69, 9.17) is 0 Å². The molecule has 2 rings (SSSR count). The van der Waals surface area contributed by atoms with Gasteiger partial charge in [0.05, 0.1) is 6.42 Å². The summed E-state index contributed by atoms with van der Waals surface area (Å²) in [5, 5.41) is 2.70. The predicted molar refractivity (Wildman–Crippen MR) is 87.0 cm³/mol. The number of hydrogen-bond donors (Lipinski definition) is 1. The van der Waals surface area contributed by atoms with Gasteiger partial charge in [-0.2, -0.15) is 8.78 Å². The maximum Gasteiger partial charge on any atom is 0.387 e. The summed E-state index contributed by atoms with van der Waals surface area (Å²) in [7, 11) is 3.93. The molecule has 1 amide bonds. The van der Waals surface area contributed by atoms with Crippen molar-refractivity contribution in [3.63, 3.8) is 0 Å². The Kier molecular flexibility index (Phi) is 6.20. The third-order valence-electron chi connectivity index (χ3n) is 3.10. The highest BCUT2D eigenvalue weighted by Gasteiger charge is 2.07. The van der Waals surface area contributed by atoms with Gasteiger partial charge in [0.1, 0.15) is 11.6 Å². The van der Waals surface area contributed by atoms with E-state index in [2.05, 4.69) is 15.0 Å². The maximum atomic E-state index is 12.1. The molecule has 0 bridgehead atoms. The van der Waals surface area contributed by atoms with Gasteiger partial charge in [-0.25, -0.2) is 4.98 Å². The highest BCUT2D eigenvalue weighted by Crippen LogP contribution is 2.15. The Morgan fingerprint density at radius 3 is 2.38 bits per heavy atom. The molecule has 0 spiro atoms. The van der Waals surface area contributed by atoms with E-state index < -0.39 is 6.61 Å². The van der Waals surface area contributed by atoms with Gasteiger partial charge < -0.3 is 15.0 Å². The van der Waals surface area contributed by atoms with Gasteiger partial charge in [0.25, 0.3) is 0 Å². The van der Waals surface area contributed by atoms with Crippen LogP contribution in [-0.4, -0.2) is 36.5 Å². The van der Waals surface area contributed by atoms with Gasteiger partial charge in [-0.1, -0.05) is 18.2 Å². The van der Waals surface area contributed by atoms with Crippen molar-refractivity contribution in [3.8, 4) is 5.75 Å². The summed E-state index contributed by atoms with van der Waals surface area (Å²) in [6.45, 7) is -2.09. The number of pyridine rings is 1. The topological polar surface area (TPSA) is 54.5 Å². The Balaban J connectivity index is 1.88. The zero-order chi connectivity index (χ0) is 17.5. The second-order valence-corrected chi connectivity index (χ2v) is 5.54. The summed E-state index contributed by atoms with van der Waals surface area (Å²) in [4.78, 5) is 18.2. The molecule has 0 radical (unpaired) electrons. The molecule has 0 fully saturated rings. The Labute approximate surface area is 139 Å². The number of halogens is 2. The second kappa shape index (κ2) is 8.35. The van der Waals surface area contributed by atoms with E-state index in [0.29, 0.717) is 11.4 Å². The van der Waals surface area contributed by atoms with E-state index in [1.807, 2.05) is 25.1 Å². The first-order valence-corrected chi connectivity index (χ1v) is 7.35. The number of aromatic nitrogens is 1. The number of anilines is 1. The quantitative estimate of drug-likeness (QED) is 0.845. The molecule has 0 aliphatic carbocycles. The molecule has 24 heavy (non-hydrogen) atoms. The van der Waals surface area contributed by atoms with Gasteiger partial charge in [-0.15, -0.1) is 0 Å². The van der Waals surface area contributed by atoms with Crippen LogP contribution in [-0.2, 0) is 17.8 Å². The van der Waals surface area contributed by atoms with E-state index in [1.54, 1.807) is 24.4 Å². The molecule has 2 aromatic rings. The minimum absolute atomic E-state index is 0.0623. The standard InChI is InChI=1S/C17H19F2N3O2/c1-22(2)11-13-5-8-15(20-10-13)21-16(23)9-12-3-6-14(7-4-12)24-17(18)19/h3-8,10,17H,9,11H2,1-2H3,(H,20,21,23). The fourth-order valence-electron chi connectivity index (χ4n) is 2.12. The molecule has 0 aliphatic rings. The predicted octanol–water partition coefficient (Wildman–Crippen LogP) is 2.93. The third kappa shape index (κ3) is 5.92. The molecule has 1 heterocycles. The molecule has 1 aromatic heterocycles. The van der Waals surface area contributed by atoms with E-state index >= 15 is 0 Å². The Morgan fingerprint density at radius 2 is 1.83 bits per heavy atom. The summed E-state index contributed by atoms with van der Waals surface area (Å²) in [5.41, 5.74) is 1.74. The molecular formula is C17H19F2N3O2. The molecule has 5 nitrogen and oxygen atoms in total. The lowest BCUT2D eigenvalue weighted by atomic mass is 10.1. The zero-order valence-electron chi connectivity index (χ0n) is 13.5. The minimum Gasteiger partial charge on any atom is -0.435 e. The first-order chi connectivity index (χ1) is 11.4. The lowest BCUT2D eigenvalue weighted by molar-refractivity contribution is -0.115. The van der Waals surface area contributed by atoms with Crippen molar-refractivity contribution < 1.29 is 18.3 Å². The fourth-order valence-corrected chi connectivity index (χ4v) is 2.12. The molecular weight excluding hydrogens is 316 g/mol. The summed E-state index contributed by atoms with van der Waals surface area (Å²) in [6, 6.07) is 9.61. The number of hydrogen-bond acceptors (Lipinski definition) is 4. The maximum absolute atomic E-state index is 12.1. The van der Waals surface area contributed by atoms with Crippen LogP contribution in [0.1, 0.15) is 11.1 Å². The largest absolute Gasteiger partial charge is 0.435 e. The Hall–Kier alpha value is -2.54. The zero-order valence-corrected chi connectivity index (χ0v) is 13.5. The van der Waals surface area contributed by atoms with Crippen LogP contribution < -0.4 is 10.1 Å². The number of rotatable bonds is 7. The molecule has 1 N–H and O–H groups in total. The number of nitrogens with zero attached hydrogens (tertiary/aromatic N) is 2. The number of benzene rings is 1. The van der Waals surface area contributed by atoms with Crippen molar-refractivity contribution in [2.75, 3.05) is 19.4 Å². The molecule has 0 atom stereocenters. The lowest BCUT2D eigenvalue weighted by Crippen LogP contribution is -2.16. The van der Waals surface area contributed by atoms with E-state index in [1.165, 1.54) is 12.1 Å². The SMILES string of the molecule is CN(C)Cc1ccc(NC(=O)Cc2ccc(OC(F)F)cc2)nc1. The van der Waals surface area contributed by atoms with Crippen LogP contribution in [0.4, 0.5) is 14.6 Å². The van der Waals surface area contributed by atoms with Crippen molar-refractivity contribution in [1.29, 1.82) is 0 Å². The lowest BCUT2D eigenvalue weighted by Gasteiger charge is -2.10. The second-order valence-electron chi connectivity index (χ2n) is 5.54. The van der Waals surface area contributed by atoms with Gasteiger partial charge in [-0.05, 0) is 43.4 Å². The average Bonchev–Trinajstić information content (AvgIpc) is 2.50. The van der Waals surface area contributed by atoms with Crippen LogP contribution >= 0.6 is 0 Å². The van der Waals surface area contributed by atoms with Crippen LogP contribution in [0.15, 0.2) is 42.6 Å². The highest BCUT2D eigenvalue weighted by atomic mass is 19.3. The number of nitrogens with one attached hydrogen (secondary N) is 1. The number of amides is 1. The van der Waals surface area contributed by atoms with Gasteiger partial charge in [0.15, 0.2) is 0 Å². The summed E-state index contributed by atoms with van der Waals surface area (Å²) < 4.78 is 28.4. The average molecular weight is 335 g/mol. The van der Waals surface area contributed by atoms with Crippen molar-refractivity contribution in [3.05, 3.63) is 53.7 Å². The van der Waals surface area contributed by atoms with Crippen LogP contribution in [0.25, 0.3) is 0 Å². The molecule has 7 heteroatoms. The Morgan fingerprint density at radius 1 is 1.17 bits per heavy atom. The summed E-state index contributed by atoms with van der Waals surface area (Å²) in [6.07, 6.45) is 1.84. The molecule has 0 aliphatic heterocycles. The van der Waals surface area contributed by atoms with Crippen molar-refractivity contribution >= 4 is 11.7 Å². The summed E-state index contributed by atoms with van der Waals surface area (Å²) >= 11 is 0. The number of alkyl halides is 2. The van der Waals surface area contributed by atoms with Crippen LogP contribution in [0.2, 0.25) is 0 Å². The van der Waals surface area contributed by atoms with E-state index in [0.717, 1.165) is 12.1 Å². The highest BCUT2D eigenvalue weighted by molar-refractivity contribution is 5.91. The van der Waals surface area contributed by atoms with E-state index in [9.17, 15) is 13.6 Å². The first kappa shape index (κ1) is 17.8. The molecule has 1 aromatic carbocycles. The van der Waals surface area contributed by atoms with Gasteiger partial charge >= 0.3 is 6.61 Å². The molecule has 128 valence electrons. The molecule has 0 saturated heterocycles. The van der Waals surface area contributed by atoms with Gasteiger partial charge in [-0.3, -0.25) is 4.79 Å². The van der Waals surface area contributed by atoms with Gasteiger partial charge in [0.2, 0.25) is 5.91 Å². The van der Waals surface area contributed by atoms with E-state index in [-0.39, 0.29) is 18.1 Å².